The number of carboxylic acid groups (broad SMARTS) is 1. The van der Waals surface area contributed by atoms with E-state index in [1.807, 2.05) is 0 Å². The molecule has 5 nitrogen and oxygen atoms in total. The summed E-state index contributed by atoms with van der Waals surface area (Å²) in [4.78, 5) is 10.7. The summed E-state index contributed by atoms with van der Waals surface area (Å²) in [5, 5.41) is 27.1. The van der Waals surface area contributed by atoms with Gasteiger partial charge < -0.3 is 19.7 Å². The van der Waals surface area contributed by atoms with Crippen LogP contribution >= 0.6 is 0 Å². The number of aromatic carboxylic acids is 1. The molecular weight excluding hydrogens is 224 g/mol. The molecule has 0 amide bonds. The van der Waals surface area contributed by atoms with Crippen molar-refractivity contribution >= 4 is 5.97 Å². The molecule has 17 heavy (non-hydrogen) atoms. The standard InChI is InChI=1S/C12H10O5/c13-6-8-2-4-11(17-8)7-1-3-9(12(15)16)10(14)5-7/h1-5,13-14H,6H2,(H,15,16). The van der Waals surface area contributed by atoms with Crippen LogP contribution in [0.4, 0.5) is 0 Å². The van der Waals surface area contributed by atoms with Crippen LogP contribution in [0, 0.1) is 0 Å². The molecule has 2 aromatic rings. The monoisotopic (exact) mass is 234 g/mol. The zero-order valence-corrected chi connectivity index (χ0v) is 8.75. The summed E-state index contributed by atoms with van der Waals surface area (Å²) in [5.41, 5.74) is 0.384. The molecule has 0 bridgehead atoms. The van der Waals surface area contributed by atoms with E-state index >= 15 is 0 Å². The first kappa shape index (κ1) is 11.2. The molecule has 3 N–H and O–H groups in total. The maximum atomic E-state index is 10.7. The molecule has 1 aromatic heterocycles. The zero-order chi connectivity index (χ0) is 12.4. The number of rotatable bonds is 3. The molecule has 1 aromatic carbocycles. The van der Waals surface area contributed by atoms with Gasteiger partial charge in [0.15, 0.2) is 0 Å². The Bertz CT molecular complexity index is 556. The number of aliphatic hydroxyl groups is 1. The van der Waals surface area contributed by atoms with Gasteiger partial charge in [0, 0.05) is 5.56 Å². The third-order valence-electron chi connectivity index (χ3n) is 2.33. The van der Waals surface area contributed by atoms with Crippen LogP contribution in [0.1, 0.15) is 16.1 Å². The van der Waals surface area contributed by atoms with Crippen LogP contribution in [0.2, 0.25) is 0 Å². The number of hydrogen-bond acceptors (Lipinski definition) is 4. The fraction of sp³-hybridized carbons (Fsp3) is 0.0833. The SMILES string of the molecule is O=C(O)c1ccc(-c2ccc(CO)o2)cc1O. The van der Waals surface area contributed by atoms with E-state index in [9.17, 15) is 9.90 Å². The molecule has 1 heterocycles. The van der Waals surface area contributed by atoms with Gasteiger partial charge in [0.05, 0.1) is 0 Å². The summed E-state index contributed by atoms with van der Waals surface area (Å²) in [6.07, 6.45) is 0. The molecule has 0 radical (unpaired) electrons. The van der Waals surface area contributed by atoms with Crippen molar-refractivity contribution in [3.8, 4) is 17.1 Å². The summed E-state index contributed by atoms with van der Waals surface area (Å²) < 4.78 is 5.27. The van der Waals surface area contributed by atoms with Gasteiger partial charge in [0.2, 0.25) is 0 Å². The van der Waals surface area contributed by atoms with E-state index < -0.39 is 5.97 Å². The van der Waals surface area contributed by atoms with Gasteiger partial charge in [-0.15, -0.1) is 0 Å². The Morgan fingerprint density at radius 1 is 1.24 bits per heavy atom. The van der Waals surface area contributed by atoms with Crippen LogP contribution in [0.25, 0.3) is 11.3 Å². The molecule has 0 unspecified atom stereocenters. The minimum absolute atomic E-state index is 0.164. The zero-order valence-electron chi connectivity index (χ0n) is 8.75. The highest BCUT2D eigenvalue weighted by molar-refractivity contribution is 5.91. The maximum Gasteiger partial charge on any atom is 0.339 e. The van der Waals surface area contributed by atoms with E-state index in [4.69, 9.17) is 14.6 Å². The lowest BCUT2D eigenvalue weighted by Crippen LogP contribution is -1.96. The Morgan fingerprint density at radius 3 is 2.53 bits per heavy atom. The highest BCUT2D eigenvalue weighted by Gasteiger charge is 2.12. The number of phenols is 1. The first-order chi connectivity index (χ1) is 8.11. The number of hydrogen-bond donors (Lipinski definition) is 3. The molecule has 0 atom stereocenters. The predicted molar refractivity (Wildman–Crippen MR) is 58.7 cm³/mol. The number of aromatic hydroxyl groups is 1. The van der Waals surface area contributed by atoms with E-state index in [2.05, 4.69) is 0 Å². The van der Waals surface area contributed by atoms with E-state index in [0.717, 1.165) is 0 Å². The Balaban J connectivity index is 2.40. The van der Waals surface area contributed by atoms with E-state index in [1.54, 1.807) is 12.1 Å². The smallest absolute Gasteiger partial charge is 0.339 e. The van der Waals surface area contributed by atoms with Crippen LogP contribution in [0.15, 0.2) is 34.7 Å². The summed E-state index contributed by atoms with van der Waals surface area (Å²) in [7, 11) is 0. The van der Waals surface area contributed by atoms with E-state index in [0.29, 0.717) is 17.1 Å². The summed E-state index contributed by atoms with van der Waals surface area (Å²) in [6.45, 7) is -0.209. The molecule has 0 aliphatic carbocycles. The van der Waals surface area contributed by atoms with Crippen LogP contribution in [-0.2, 0) is 6.61 Å². The molecule has 0 aliphatic heterocycles. The van der Waals surface area contributed by atoms with Crippen molar-refractivity contribution in [3.63, 3.8) is 0 Å². The van der Waals surface area contributed by atoms with Gasteiger partial charge in [-0.2, -0.15) is 0 Å². The number of furan rings is 1. The van der Waals surface area contributed by atoms with Crippen LogP contribution < -0.4 is 0 Å². The average molecular weight is 234 g/mol. The Morgan fingerprint density at radius 2 is 2.00 bits per heavy atom. The largest absolute Gasteiger partial charge is 0.507 e. The van der Waals surface area contributed by atoms with Crippen molar-refractivity contribution in [2.75, 3.05) is 0 Å². The molecule has 0 spiro atoms. The Kier molecular flexibility index (Phi) is 2.84. The van der Waals surface area contributed by atoms with Crippen molar-refractivity contribution < 1.29 is 24.5 Å². The lowest BCUT2D eigenvalue weighted by molar-refractivity contribution is 0.0694. The summed E-state index contributed by atoms with van der Waals surface area (Å²) >= 11 is 0. The third kappa shape index (κ3) is 2.14. The average Bonchev–Trinajstić information content (AvgIpc) is 2.76. The fourth-order valence-corrected chi connectivity index (χ4v) is 1.48. The van der Waals surface area contributed by atoms with E-state index in [-0.39, 0.29) is 17.9 Å². The van der Waals surface area contributed by atoms with Gasteiger partial charge in [0.1, 0.15) is 29.4 Å². The second-order valence-corrected chi connectivity index (χ2v) is 3.46. The minimum atomic E-state index is -1.19. The molecule has 0 saturated heterocycles. The third-order valence-corrected chi connectivity index (χ3v) is 2.33. The van der Waals surface area contributed by atoms with Gasteiger partial charge in [-0.3, -0.25) is 0 Å². The van der Waals surface area contributed by atoms with Crippen LogP contribution in [-0.4, -0.2) is 21.3 Å². The lowest BCUT2D eigenvalue weighted by Gasteiger charge is -2.02. The first-order valence-corrected chi connectivity index (χ1v) is 4.88. The van der Waals surface area contributed by atoms with Crippen molar-refractivity contribution in [1.29, 1.82) is 0 Å². The molecule has 0 saturated carbocycles. The van der Waals surface area contributed by atoms with Gasteiger partial charge >= 0.3 is 5.97 Å². The molecular formula is C12H10O5. The summed E-state index contributed by atoms with van der Waals surface area (Å²) in [6, 6.07) is 7.39. The number of carbonyl (C=O) groups is 1. The first-order valence-electron chi connectivity index (χ1n) is 4.88. The maximum absolute atomic E-state index is 10.7. The Hall–Kier alpha value is -2.27. The molecule has 88 valence electrons. The number of carboxylic acids is 1. The number of aliphatic hydroxyl groups excluding tert-OH is 1. The van der Waals surface area contributed by atoms with Gasteiger partial charge in [0.25, 0.3) is 0 Å². The van der Waals surface area contributed by atoms with Crippen molar-refractivity contribution in [1.82, 2.24) is 0 Å². The van der Waals surface area contributed by atoms with Crippen LogP contribution in [0.3, 0.4) is 0 Å². The second-order valence-electron chi connectivity index (χ2n) is 3.46. The van der Waals surface area contributed by atoms with Crippen molar-refractivity contribution in [2.45, 2.75) is 6.61 Å². The molecule has 2 rings (SSSR count). The number of benzene rings is 1. The topological polar surface area (TPSA) is 90.9 Å². The van der Waals surface area contributed by atoms with Gasteiger partial charge in [-0.1, -0.05) is 6.07 Å². The lowest BCUT2D eigenvalue weighted by atomic mass is 10.1. The Labute approximate surface area is 96.6 Å². The molecule has 0 fully saturated rings. The quantitative estimate of drug-likeness (QED) is 0.753. The fourth-order valence-electron chi connectivity index (χ4n) is 1.48. The molecule has 0 aliphatic rings. The normalized spacial score (nSPS) is 10.4. The highest BCUT2D eigenvalue weighted by Crippen LogP contribution is 2.27. The van der Waals surface area contributed by atoms with Gasteiger partial charge in [-0.05, 0) is 24.3 Å². The highest BCUT2D eigenvalue weighted by atomic mass is 16.4. The minimum Gasteiger partial charge on any atom is -0.507 e. The predicted octanol–water partition coefficient (Wildman–Crippen LogP) is 1.84. The second kappa shape index (κ2) is 4.31. The molecule has 5 heteroatoms. The van der Waals surface area contributed by atoms with Crippen LogP contribution in [0.5, 0.6) is 5.75 Å². The van der Waals surface area contributed by atoms with Crippen molar-refractivity contribution in [2.24, 2.45) is 0 Å². The van der Waals surface area contributed by atoms with E-state index in [1.165, 1.54) is 18.2 Å². The van der Waals surface area contributed by atoms with Gasteiger partial charge in [-0.25, -0.2) is 4.79 Å². The van der Waals surface area contributed by atoms with Crippen molar-refractivity contribution in [3.05, 3.63) is 41.7 Å². The summed E-state index contributed by atoms with van der Waals surface area (Å²) in [5.74, 6) is -0.649.